The summed E-state index contributed by atoms with van der Waals surface area (Å²) in [6.07, 6.45) is -3.66. The molecule has 4 nitrogen and oxygen atoms in total. The number of esters is 1. The van der Waals surface area contributed by atoms with Crippen molar-refractivity contribution >= 4 is 17.7 Å². The lowest BCUT2D eigenvalue weighted by atomic mass is 10.3. The van der Waals surface area contributed by atoms with E-state index in [0.29, 0.717) is 5.03 Å². The maximum absolute atomic E-state index is 12.3. The van der Waals surface area contributed by atoms with Crippen LogP contribution in [0.3, 0.4) is 0 Å². The summed E-state index contributed by atoms with van der Waals surface area (Å²) in [5.74, 6) is -0.348. The Morgan fingerprint density at radius 2 is 2.21 bits per heavy atom. The molecule has 0 fully saturated rings. The highest BCUT2D eigenvalue weighted by molar-refractivity contribution is 7.99. The smallest absolute Gasteiger partial charge is 0.417 e. The summed E-state index contributed by atoms with van der Waals surface area (Å²) < 4.78 is 41.6. The maximum Gasteiger partial charge on any atom is 0.417 e. The van der Waals surface area contributed by atoms with E-state index in [1.54, 1.807) is 6.92 Å². The molecule has 1 aromatic heterocycles. The Kier molecular flexibility index (Phi) is 5.61. The fraction of sp³-hybridized carbons (Fsp3) is 0.455. The lowest BCUT2D eigenvalue weighted by Crippen LogP contribution is -2.34. The van der Waals surface area contributed by atoms with Gasteiger partial charge in [0.15, 0.2) is 0 Å². The number of alkyl halides is 3. The minimum Gasteiger partial charge on any atom is -0.465 e. The maximum atomic E-state index is 12.3. The van der Waals surface area contributed by atoms with Crippen LogP contribution in [0.1, 0.15) is 12.5 Å². The SMILES string of the molecule is CCOC(=O)C(N)CSc1ccc(C(F)(F)F)cn1. The number of aromatic nitrogens is 1. The molecule has 1 unspecified atom stereocenters. The number of thioether (sulfide) groups is 1. The Bertz CT molecular complexity index is 423. The van der Waals surface area contributed by atoms with Crippen LogP contribution in [-0.4, -0.2) is 29.4 Å². The summed E-state index contributed by atoms with van der Waals surface area (Å²) >= 11 is 1.10. The van der Waals surface area contributed by atoms with E-state index in [9.17, 15) is 18.0 Å². The summed E-state index contributed by atoms with van der Waals surface area (Å²) in [4.78, 5) is 14.9. The van der Waals surface area contributed by atoms with Crippen LogP contribution in [0.15, 0.2) is 23.4 Å². The number of nitrogens with zero attached hydrogens (tertiary/aromatic N) is 1. The number of pyridine rings is 1. The molecule has 0 aromatic carbocycles. The third-order valence-corrected chi connectivity index (χ3v) is 3.13. The number of rotatable bonds is 5. The summed E-state index contributed by atoms with van der Waals surface area (Å²) in [6.45, 7) is 1.89. The molecule has 106 valence electrons. The molecular formula is C11H13F3N2O2S. The van der Waals surface area contributed by atoms with Crippen LogP contribution in [0.25, 0.3) is 0 Å². The van der Waals surface area contributed by atoms with Gasteiger partial charge >= 0.3 is 12.1 Å². The molecule has 19 heavy (non-hydrogen) atoms. The number of nitrogens with two attached hydrogens (primary N) is 1. The molecule has 8 heteroatoms. The van der Waals surface area contributed by atoms with Crippen molar-refractivity contribution in [1.29, 1.82) is 0 Å². The molecular weight excluding hydrogens is 281 g/mol. The normalized spacial score (nSPS) is 13.1. The Morgan fingerprint density at radius 1 is 1.53 bits per heavy atom. The number of carbonyl (C=O) groups is 1. The van der Waals surface area contributed by atoms with Crippen LogP contribution in [0, 0.1) is 0 Å². The third-order valence-electron chi connectivity index (χ3n) is 2.06. The highest BCUT2D eigenvalue weighted by Gasteiger charge is 2.30. The molecule has 0 radical (unpaired) electrons. The Labute approximate surface area is 112 Å². The van der Waals surface area contributed by atoms with Crippen LogP contribution in [-0.2, 0) is 15.7 Å². The molecule has 1 rings (SSSR count). The van der Waals surface area contributed by atoms with Crippen LogP contribution < -0.4 is 5.73 Å². The van der Waals surface area contributed by atoms with E-state index in [4.69, 9.17) is 10.5 Å². The van der Waals surface area contributed by atoms with Gasteiger partial charge in [-0.2, -0.15) is 13.2 Å². The predicted octanol–water partition coefficient (Wildman–Crippen LogP) is 2.08. The number of carbonyl (C=O) groups excluding carboxylic acids is 1. The molecule has 0 saturated heterocycles. The van der Waals surface area contributed by atoms with E-state index in [2.05, 4.69) is 4.98 Å². The first-order chi connectivity index (χ1) is 8.84. The zero-order valence-corrected chi connectivity index (χ0v) is 10.9. The summed E-state index contributed by atoms with van der Waals surface area (Å²) in [7, 11) is 0. The molecule has 2 N–H and O–H groups in total. The highest BCUT2D eigenvalue weighted by atomic mass is 32.2. The van der Waals surface area contributed by atoms with E-state index < -0.39 is 23.8 Å². The van der Waals surface area contributed by atoms with E-state index in [1.807, 2.05) is 0 Å². The van der Waals surface area contributed by atoms with Crippen molar-refractivity contribution in [2.24, 2.45) is 5.73 Å². The molecule has 0 bridgehead atoms. The molecule has 0 amide bonds. The van der Waals surface area contributed by atoms with Gasteiger partial charge in [0.2, 0.25) is 0 Å². The van der Waals surface area contributed by atoms with Crippen molar-refractivity contribution in [3.05, 3.63) is 23.9 Å². The highest BCUT2D eigenvalue weighted by Crippen LogP contribution is 2.29. The summed E-state index contributed by atoms with van der Waals surface area (Å²) in [5, 5.41) is 0.368. The van der Waals surface area contributed by atoms with Crippen molar-refractivity contribution in [2.45, 2.75) is 24.2 Å². The number of hydrogen-bond acceptors (Lipinski definition) is 5. The fourth-order valence-corrected chi connectivity index (χ4v) is 1.90. The first-order valence-electron chi connectivity index (χ1n) is 5.43. The number of halogens is 3. The van der Waals surface area contributed by atoms with Gasteiger partial charge in [-0.15, -0.1) is 11.8 Å². The molecule has 0 aliphatic heterocycles. The molecule has 1 aromatic rings. The molecule has 0 spiro atoms. The van der Waals surface area contributed by atoms with Crippen molar-refractivity contribution in [2.75, 3.05) is 12.4 Å². The molecule has 1 atom stereocenters. The van der Waals surface area contributed by atoms with Crippen molar-refractivity contribution in [1.82, 2.24) is 4.98 Å². The van der Waals surface area contributed by atoms with Gasteiger partial charge in [0.1, 0.15) is 6.04 Å². The van der Waals surface area contributed by atoms with Crippen molar-refractivity contribution < 1.29 is 22.7 Å². The molecule has 1 heterocycles. The number of hydrogen-bond donors (Lipinski definition) is 1. The van der Waals surface area contributed by atoms with Gasteiger partial charge in [-0.25, -0.2) is 4.98 Å². The fourth-order valence-electron chi connectivity index (χ4n) is 1.13. The van der Waals surface area contributed by atoms with Crippen LogP contribution in [0.2, 0.25) is 0 Å². The van der Waals surface area contributed by atoms with Gasteiger partial charge < -0.3 is 10.5 Å². The van der Waals surface area contributed by atoms with Gasteiger partial charge in [0.25, 0.3) is 0 Å². The number of ether oxygens (including phenoxy) is 1. The Morgan fingerprint density at radius 3 is 2.68 bits per heavy atom. The summed E-state index contributed by atoms with van der Waals surface area (Å²) in [5.41, 5.74) is 4.73. The minimum absolute atomic E-state index is 0.192. The standard InChI is InChI=1S/C11H13F3N2O2S/c1-2-18-10(17)8(15)6-19-9-4-3-7(5-16-9)11(12,13)14/h3-5,8H,2,6,15H2,1H3. The zero-order valence-electron chi connectivity index (χ0n) is 10.1. The quantitative estimate of drug-likeness (QED) is 0.665. The van der Waals surface area contributed by atoms with Crippen molar-refractivity contribution in [3.63, 3.8) is 0 Å². The molecule has 0 aliphatic carbocycles. The molecule has 0 saturated carbocycles. The predicted molar refractivity (Wildman–Crippen MR) is 64.6 cm³/mol. The van der Waals surface area contributed by atoms with Crippen molar-refractivity contribution in [3.8, 4) is 0 Å². The van der Waals surface area contributed by atoms with Gasteiger partial charge in [-0.05, 0) is 19.1 Å². The van der Waals surface area contributed by atoms with E-state index >= 15 is 0 Å². The second-order valence-corrected chi connectivity index (χ2v) is 4.59. The zero-order chi connectivity index (χ0) is 14.5. The van der Waals surface area contributed by atoms with E-state index in [1.165, 1.54) is 6.07 Å². The summed E-state index contributed by atoms with van der Waals surface area (Å²) in [6, 6.07) is 1.35. The second-order valence-electron chi connectivity index (χ2n) is 3.55. The van der Waals surface area contributed by atoms with Gasteiger partial charge in [-0.3, -0.25) is 4.79 Å². The van der Waals surface area contributed by atoms with E-state index in [-0.39, 0.29) is 12.4 Å². The largest absolute Gasteiger partial charge is 0.465 e. The topological polar surface area (TPSA) is 65.2 Å². The lowest BCUT2D eigenvalue weighted by Gasteiger charge is -2.10. The monoisotopic (exact) mass is 294 g/mol. The van der Waals surface area contributed by atoms with Crippen LogP contribution in [0.5, 0.6) is 0 Å². The first-order valence-corrected chi connectivity index (χ1v) is 6.41. The lowest BCUT2D eigenvalue weighted by molar-refractivity contribution is -0.144. The minimum atomic E-state index is -4.41. The average Bonchev–Trinajstić information content (AvgIpc) is 2.35. The van der Waals surface area contributed by atoms with Gasteiger partial charge in [0.05, 0.1) is 17.2 Å². The van der Waals surface area contributed by atoms with Crippen LogP contribution in [0.4, 0.5) is 13.2 Å². The second kappa shape index (κ2) is 6.76. The Balaban J connectivity index is 2.53. The first kappa shape index (κ1) is 15.8. The Hall–Kier alpha value is -1.28. The average molecular weight is 294 g/mol. The van der Waals surface area contributed by atoms with Gasteiger partial charge in [0, 0.05) is 11.9 Å². The third kappa shape index (κ3) is 5.07. The van der Waals surface area contributed by atoms with E-state index in [0.717, 1.165) is 24.0 Å². The molecule has 0 aliphatic rings. The van der Waals surface area contributed by atoms with Crippen LogP contribution >= 0.6 is 11.8 Å². The van der Waals surface area contributed by atoms with Gasteiger partial charge in [-0.1, -0.05) is 0 Å².